The number of nitrogens with zero attached hydrogens (tertiary/aromatic N) is 2. The standard InChI is InChI=1S/C29H31N5OS/c1-17(30)21-11-10-20(13-24(21)31-2)28-23-15-26-22(29(23)33-32-28)14-25(36-26)19-8-6-18(7-9-19)16-34-12-4-3-5-27(34)35/h6-11,13-14,17,31H,3-5,12,15-16,30H2,1-2H3,(H,32,33)/p+1. The third-order valence-electron chi connectivity index (χ3n) is 7.44. The molecular weight excluding hydrogens is 466 g/mol. The summed E-state index contributed by atoms with van der Waals surface area (Å²) in [6, 6.07) is 17.7. The van der Waals surface area contributed by atoms with E-state index in [1.807, 2.05) is 23.3 Å². The van der Waals surface area contributed by atoms with E-state index >= 15 is 0 Å². The summed E-state index contributed by atoms with van der Waals surface area (Å²) < 4.78 is 0. The normalized spacial score (nSPS) is 15.6. The van der Waals surface area contributed by atoms with Crippen molar-refractivity contribution in [3.8, 4) is 33.0 Å². The minimum absolute atomic E-state index is 0.221. The van der Waals surface area contributed by atoms with Crippen LogP contribution < -0.4 is 11.1 Å². The highest BCUT2D eigenvalue weighted by molar-refractivity contribution is 7.16. The van der Waals surface area contributed by atoms with E-state index in [1.165, 1.54) is 37.6 Å². The second-order valence-corrected chi connectivity index (χ2v) is 11.1. The Morgan fingerprint density at radius 3 is 2.69 bits per heavy atom. The van der Waals surface area contributed by atoms with Crippen molar-refractivity contribution in [2.75, 3.05) is 18.9 Å². The lowest BCUT2D eigenvalue weighted by Crippen LogP contribution is -2.51. The van der Waals surface area contributed by atoms with Gasteiger partial charge in [0.2, 0.25) is 5.91 Å². The average Bonchev–Trinajstić information content (AvgIpc) is 3.57. The molecule has 6 rings (SSSR count). The van der Waals surface area contributed by atoms with Gasteiger partial charge in [0, 0.05) is 70.7 Å². The maximum absolute atomic E-state index is 12.1. The zero-order valence-corrected chi connectivity index (χ0v) is 21.7. The molecule has 36 heavy (non-hydrogen) atoms. The molecule has 6 nitrogen and oxygen atoms in total. The van der Waals surface area contributed by atoms with Crippen molar-refractivity contribution in [2.24, 2.45) is 0 Å². The lowest BCUT2D eigenvalue weighted by atomic mass is 10.00. The molecule has 1 aliphatic carbocycles. The third kappa shape index (κ3) is 4.02. The fourth-order valence-corrected chi connectivity index (χ4v) is 6.63. The number of nitrogens with one attached hydrogen (secondary N) is 2. The first-order valence-corrected chi connectivity index (χ1v) is 13.6. The highest BCUT2D eigenvalue weighted by Gasteiger charge is 2.28. The van der Waals surface area contributed by atoms with Gasteiger partial charge in [0.05, 0.1) is 11.4 Å². The number of anilines is 1. The molecule has 2 aromatic carbocycles. The summed E-state index contributed by atoms with van der Waals surface area (Å²) in [6.45, 7) is 3.70. The van der Waals surface area contributed by atoms with Gasteiger partial charge in [0.25, 0.3) is 0 Å². The molecule has 2 aliphatic rings. The summed E-state index contributed by atoms with van der Waals surface area (Å²) in [7, 11) is 1.96. The Morgan fingerprint density at radius 2 is 1.94 bits per heavy atom. The van der Waals surface area contributed by atoms with E-state index in [0.29, 0.717) is 13.0 Å². The molecule has 184 valence electrons. The van der Waals surface area contributed by atoms with Crippen molar-refractivity contribution < 1.29 is 10.5 Å². The summed E-state index contributed by atoms with van der Waals surface area (Å²) >= 11 is 1.86. The molecule has 1 aliphatic heterocycles. The topological polar surface area (TPSA) is 88.7 Å². The molecule has 4 aromatic rings. The van der Waals surface area contributed by atoms with Crippen LogP contribution in [0.15, 0.2) is 48.5 Å². The Morgan fingerprint density at radius 1 is 1.14 bits per heavy atom. The summed E-state index contributed by atoms with van der Waals surface area (Å²) in [5.41, 5.74) is 14.8. The number of hydrogen-bond donors (Lipinski definition) is 3. The molecule has 5 N–H and O–H groups in total. The van der Waals surface area contributed by atoms with Gasteiger partial charge in [-0.25, -0.2) is 0 Å². The van der Waals surface area contributed by atoms with Crippen molar-refractivity contribution in [1.82, 2.24) is 15.1 Å². The Hall–Kier alpha value is -3.42. The third-order valence-corrected chi connectivity index (χ3v) is 8.63. The molecule has 1 saturated heterocycles. The number of piperidine rings is 1. The number of rotatable bonds is 6. The maximum atomic E-state index is 12.1. The number of benzene rings is 2. The Bertz CT molecular complexity index is 1430. The molecule has 0 radical (unpaired) electrons. The zero-order valence-electron chi connectivity index (χ0n) is 20.9. The van der Waals surface area contributed by atoms with E-state index in [2.05, 4.69) is 71.6 Å². The molecule has 0 bridgehead atoms. The Labute approximate surface area is 215 Å². The molecule has 1 amide bonds. The molecule has 1 atom stereocenters. The number of fused-ring (bicyclic) bond motifs is 3. The summed E-state index contributed by atoms with van der Waals surface area (Å²) in [5, 5.41) is 11.4. The van der Waals surface area contributed by atoms with Crippen molar-refractivity contribution in [2.45, 2.75) is 45.2 Å². The van der Waals surface area contributed by atoms with Crippen LogP contribution in [0.25, 0.3) is 33.0 Å². The molecule has 0 saturated carbocycles. The summed E-state index contributed by atoms with van der Waals surface area (Å²) in [5.74, 6) is 0.282. The van der Waals surface area contributed by atoms with E-state index in [-0.39, 0.29) is 11.9 Å². The lowest BCUT2D eigenvalue weighted by Gasteiger charge is -2.26. The minimum atomic E-state index is 0.221. The predicted octanol–water partition coefficient (Wildman–Crippen LogP) is 5.23. The van der Waals surface area contributed by atoms with Gasteiger partial charge < -0.3 is 16.0 Å². The fraction of sp³-hybridized carbons (Fsp3) is 0.310. The molecule has 3 heterocycles. The summed E-state index contributed by atoms with van der Waals surface area (Å²) in [4.78, 5) is 16.8. The second kappa shape index (κ2) is 9.22. The number of amides is 1. The van der Waals surface area contributed by atoms with Gasteiger partial charge in [0.1, 0.15) is 6.04 Å². The molecule has 7 heteroatoms. The largest absolute Gasteiger partial charge is 0.388 e. The van der Waals surface area contributed by atoms with E-state index in [1.54, 1.807) is 0 Å². The van der Waals surface area contributed by atoms with Crippen LogP contribution in [0, 0.1) is 0 Å². The number of aromatic nitrogens is 2. The number of hydrogen-bond acceptors (Lipinski definition) is 4. The first kappa shape index (κ1) is 23.0. The highest BCUT2D eigenvalue weighted by atomic mass is 32.1. The fourth-order valence-electron chi connectivity index (χ4n) is 5.45. The van der Waals surface area contributed by atoms with E-state index in [0.717, 1.165) is 48.4 Å². The zero-order chi connectivity index (χ0) is 24.8. The van der Waals surface area contributed by atoms with Crippen LogP contribution in [0.4, 0.5) is 5.69 Å². The smallest absolute Gasteiger partial charge is 0.222 e. The number of carbonyl (C=O) groups is 1. The lowest BCUT2D eigenvalue weighted by molar-refractivity contribution is -0.420. The Balaban J connectivity index is 1.23. The van der Waals surface area contributed by atoms with Crippen LogP contribution in [-0.4, -0.2) is 34.6 Å². The van der Waals surface area contributed by atoms with Crippen LogP contribution in [0.5, 0.6) is 0 Å². The van der Waals surface area contributed by atoms with Crippen LogP contribution in [0.3, 0.4) is 0 Å². The number of carbonyl (C=O) groups excluding carboxylic acids is 1. The van der Waals surface area contributed by atoms with Crippen LogP contribution >= 0.6 is 11.3 Å². The molecule has 1 fully saturated rings. The Kier molecular flexibility index (Phi) is 5.90. The summed E-state index contributed by atoms with van der Waals surface area (Å²) in [6.07, 6.45) is 3.72. The van der Waals surface area contributed by atoms with Gasteiger partial charge in [-0.05, 0) is 43.0 Å². The molecule has 2 aromatic heterocycles. The number of H-pyrrole nitrogens is 1. The van der Waals surface area contributed by atoms with Gasteiger partial charge in [-0.15, -0.1) is 11.3 Å². The highest BCUT2D eigenvalue weighted by Crippen LogP contribution is 2.46. The van der Waals surface area contributed by atoms with E-state index in [9.17, 15) is 4.79 Å². The van der Waals surface area contributed by atoms with Gasteiger partial charge in [-0.1, -0.05) is 36.4 Å². The quantitative estimate of drug-likeness (QED) is 0.299. The van der Waals surface area contributed by atoms with Crippen molar-refractivity contribution in [1.29, 1.82) is 0 Å². The SMILES string of the molecule is CNc1cc(-c2n[nH]c3c2Cc2sc(-c4ccc(CN5CCCCC5=O)cc4)cc2-3)ccc1C(C)[NH3+]. The first-order valence-electron chi connectivity index (χ1n) is 12.7. The van der Waals surface area contributed by atoms with Crippen LogP contribution in [0.1, 0.15) is 53.8 Å². The minimum Gasteiger partial charge on any atom is -0.388 e. The van der Waals surface area contributed by atoms with Gasteiger partial charge in [-0.3, -0.25) is 9.89 Å². The second-order valence-electron chi connectivity index (χ2n) is 9.97. The van der Waals surface area contributed by atoms with Crippen molar-refractivity contribution in [3.05, 3.63) is 70.1 Å². The van der Waals surface area contributed by atoms with Gasteiger partial charge in [0.15, 0.2) is 0 Å². The van der Waals surface area contributed by atoms with Crippen molar-refractivity contribution >= 4 is 22.9 Å². The maximum Gasteiger partial charge on any atom is 0.222 e. The molecular formula is C29H32N5OS+. The van der Waals surface area contributed by atoms with E-state index in [4.69, 9.17) is 5.10 Å². The molecule has 0 spiro atoms. The average molecular weight is 499 g/mol. The number of thiophene rings is 1. The monoisotopic (exact) mass is 498 g/mol. The van der Waals surface area contributed by atoms with Crippen LogP contribution in [-0.2, 0) is 17.8 Å². The predicted molar refractivity (Wildman–Crippen MR) is 146 cm³/mol. The van der Waals surface area contributed by atoms with E-state index < -0.39 is 0 Å². The van der Waals surface area contributed by atoms with Crippen molar-refractivity contribution in [3.63, 3.8) is 0 Å². The van der Waals surface area contributed by atoms with Gasteiger partial charge in [-0.2, -0.15) is 5.10 Å². The number of likely N-dealkylation sites (tertiary alicyclic amines) is 1. The van der Waals surface area contributed by atoms with Gasteiger partial charge >= 0.3 is 0 Å². The van der Waals surface area contributed by atoms with Crippen LogP contribution in [0.2, 0.25) is 0 Å². The number of aromatic amines is 1. The molecule has 1 unspecified atom stereocenters. The number of quaternary nitrogens is 1. The first-order chi connectivity index (χ1) is 17.5.